The Balaban J connectivity index is 1.70. The molecule has 0 aliphatic heterocycles. The molecule has 0 unspecified atom stereocenters. The fourth-order valence-electron chi connectivity index (χ4n) is 2.66. The lowest BCUT2D eigenvalue weighted by Gasteiger charge is -2.10. The summed E-state index contributed by atoms with van der Waals surface area (Å²) in [6, 6.07) is 10.7. The predicted octanol–water partition coefficient (Wildman–Crippen LogP) is 4.55. The van der Waals surface area contributed by atoms with Crippen molar-refractivity contribution in [2.75, 3.05) is 13.7 Å². The summed E-state index contributed by atoms with van der Waals surface area (Å²) in [4.78, 5) is 12.4. The van der Waals surface area contributed by atoms with Gasteiger partial charge in [-0.1, -0.05) is 5.16 Å². The Morgan fingerprint density at radius 2 is 1.89 bits per heavy atom. The third-order valence-corrected chi connectivity index (χ3v) is 4.17. The molecule has 0 N–H and O–H groups in total. The van der Waals surface area contributed by atoms with E-state index in [2.05, 4.69) is 5.16 Å². The monoisotopic (exact) mass is 385 g/mol. The number of aromatic nitrogens is 1. The van der Waals surface area contributed by atoms with Crippen molar-refractivity contribution >= 4 is 5.97 Å². The summed E-state index contributed by atoms with van der Waals surface area (Å²) in [5, 5.41) is 3.96. The van der Waals surface area contributed by atoms with Crippen LogP contribution < -0.4 is 9.47 Å². The van der Waals surface area contributed by atoms with E-state index in [0.29, 0.717) is 40.7 Å². The van der Waals surface area contributed by atoms with Gasteiger partial charge >= 0.3 is 5.97 Å². The van der Waals surface area contributed by atoms with Gasteiger partial charge in [0.25, 0.3) is 0 Å². The van der Waals surface area contributed by atoms with Gasteiger partial charge in [0, 0.05) is 11.1 Å². The summed E-state index contributed by atoms with van der Waals surface area (Å²) < 4.78 is 34.4. The first kappa shape index (κ1) is 19.4. The van der Waals surface area contributed by atoms with Crippen LogP contribution in [0.1, 0.15) is 28.5 Å². The van der Waals surface area contributed by atoms with E-state index in [0.717, 1.165) is 5.56 Å². The lowest BCUT2D eigenvalue weighted by molar-refractivity contribution is 0.0463. The molecule has 0 bridgehead atoms. The largest absolute Gasteiger partial charge is 0.493 e. The smallest absolute Gasteiger partial charge is 0.338 e. The Bertz CT molecular complexity index is 965. The Kier molecular flexibility index (Phi) is 5.93. The van der Waals surface area contributed by atoms with Crippen molar-refractivity contribution in [2.24, 2.45) is 0 Å². The van der Waals surface area contributed by atoms with E-state index in [1.807, 2.05) is 6.92 Å². The molecule has 0 spiro atoms. The number of carbonyl (C=O) groups is 1. The Hall–Kier alpha value is -3.35. The van der Waals surface area contributed by atoms with Crippen LogP contribution in [-0.4, -0.2) is 24.8 Å². The lowest BCUT2D eigenvalue weighted by Crippen LogP contribution is -2.07. The summed E-state index contributed by atoms with van der Waals surface area (Å²) in [6.07, 6.45) is 0. The van der Waals surface area contributed by atoms with E-state index >= 15 is 0 Å². The first-order valence-corrected chi connectivity index (χ1v) is 8.72. The topological polar surface area (TPSA) is 70.8 Å². The summed E-state index contributed by atoms with van der Waals surface area (Å²) in [5.74, 6) is 0.659. The zero-order chi connectivity index (χ0) is 20.1. The van der Waals surface area contributed by atoms with E-state index in [-0.39, 0.29) is 12.4 Å². The molecule has 0 aliphatic carbocycles. The maximum absolute atomic E-state index is 13.1. The van der Waals surface area contributed by atoms with Crippen LogP contribution in [0.25, 0.3) is 11.3 Å². The summed E-state index contributed by atoms with van der Waals surface area (Å²) in [7, 11) is 1.50. The number of halogens is 1. The Morgan fingerprint density at radius 3 is 2.57 bits per heavy atom. The standard InChI is InChI=1S/C21H20FNO5/c1-4-26-18-10-7-15(11-19(18)25-3)21(24)27-12-17-13(2)20(28-23-17)14-5-8-16(22)9-6-14/h5-11H,4,12H2,1-3H3. The molecule has 2 aromatic carbocycles. The van der Waals surface area contributed by atoms with Gasteiger partial charge in [-0.2, -0.15) is 0 Å². The highest BCUT2D eigenvalue weighted by Gasteiger charge is 2.17. The van der Waals surface area contributed by atoms with Gasteiger partial charge in [-0.15, -0.1) is 0 Å². The molecule has 28 heavy (non-hydrogen) atoms. The van der Waals surface area contributed by atoms with Crippen molar-refractivity contribution in [1.29, 1.82) is 0 Å². The van der Waals surface area contributed by atoms with Gasteiger partial charge < -0.3 is 18.7 Å². The van der Waals surface area contributed by atoms with Crippen molar-refractivity contribution in [3.05, 3.63) is 65.1 Å². The van der Waals surface area contributed by atoms with Crippen LogP contribution in [0.15, 0.2) is 47.0 Å². The third-order valence-electron chi connectivity index (χ3n) is 4.17. The average Bonchev–Trinajstić information content (AvgIpc) is 3.07. The van der Waals surface area contributed by atoms with E-state index in [1.165, 1.54) is 19.2 Å². The number of rotatable bonds is 7. The quantitative estimate of drug-likeness (QED) is 0.556. The fourth-order valence-corrected chi connectivity index (χ4v) is 2.66. The Labute approximate surface area is 161 Å². The van der Waals surface area contributed by atoms with E-state index < -0.39 is 5.97 Å². The van der Waals surface area contributed by atoms with Gasteiger partial charge in [0.15, 0.2) is 17.3 Å². The van der Waals surface area contributed by atoms with E-state index in [4.69, 9.17) is 18.7 Å². The van der Waals surface area contributed by atoms with Crippen LogP contribution in [0.3, 0.4) is 0 Å². The van der Waals surface area contributed by atoms with Gasteiger partial charge in [-0.05, 0) is 56.3 Å². The van der Waals surface area contributed by atoms with Gasteiger partial charge in [0.05, 0.1) is 19.3 Å². The van der Waals surface area contributed by atoms with Crippen molar-refractivity contribution in [3.63, 3.8) is 0 Å². The number of hydrogen-bond acceptors (Lipinski definition) is 6. The molecule has 0 fully saturated rings. The normalized spacial score (nSPS) is 10.6. The van der Waals surface area contributed by atoms with E-state index in [9.17, 15) is 9.18 Å². The van der Waals surface area contributed by atoms with Crippen LogP contribution in [0.2, 0.25) is 0 Å². The zero-order valence-corrected chi connectivity index (χ0v) is 15.8. The number of methoxy groups -OCH3 is 1. The zero-order valence-electron chi connectivity index (χ0n) is 15.8. The minimum Gasteiger partial charge on any atom is -0.493 e. The summed E-state index contributed by atoms with van der Waals surface area (Å²) in [5.41, 5.74) is 2.25. The molecule has 0 amide bonds. The van der Waals surface area contributed by atoms with Crippen molar-refractivity contribution < 1.29 is 27.9 Å². The molecule has 1 heterocycles. The molecular weight excluding hydrogens is 365 g/mol. The number of nitrogens with zero attached hydrogens (tertiary/aromatic N) is 1. The first-order valence-electron chi connectivity index (χ1n) is 8.72. The predicted molar refractivity (Wildman–Crippen MR) is 99.9 cm³/mol. The summed E-state index contributed by atoms with van der Waals surface area (Å²) >= 11 is 0. The number of carbonyl (C=O) groups excluding carboxylic acids is 1. The van der Waals surface area contributed by atoms with Crippen molar-refractivity contribution in [3.8, 4) is 22.8 Å². The number of ether oxygens (including phenoxy) is 3. The molecule has 1 aromatic heterocycles. The van der Waals surface area contributed by atoms with Gasteiger partial charge in [-0.25, -0.2) is 9.18 Å². The van der Waals surface area contributed by atoms with E-state index in [1.54, 1.807) is 37.3 Å². The second kappa shape index (κ2) is 8.56. The van der Waals surface area contributed by atoms with Gasteiger partial charge in [-0.3, -0.25) is 0 Å². The molecule has 0 saturated carbocycles. The minimum absolute atomic E-state index is 0.0507. The molecule has 0 aliphatic rings. The average molecular weight is 385 g/mol. The van der Waals surface area contributed by atoms with Crippen molar-refractivity contribution in [2.45, 2.75) is 20.5 Å². The second-order valence-electron chi connectivity index (χ2n) is 5.97. The molecule has 146 valence electrons. The molecular formula is C21H20FNO5. The molecule has 3 aromatic rings. The van der Waals surface area contributed by atoms with Crippen LogP contribution >= 0.6 is 0 Å². The highest BCUT2D eigenvalue weighted by Crippen LogP contribution is 2.29. The molecule has 6 nitrogen and oxygen atoms in total. The van der Waals surface area contributed by atoms with Crippen LogP contribution in [0, 0.1) is 12.7 Å². The van der Waals surface area contributed by atoms with Gasteiger partial charge in [0.2, 0.25) is 0 Å². The summed E-state index contributed by atoms with van der Waals surface area (Å²) in [6.45, 7) is 4.10. The Morgan fingerprint density at radius 1 is 1.14 bits per heavy atom. The maximum Gasteiger partial charge on any atom is 0.338 e. The minimum atomic E-state index is -0.521. The van der Waals surface area contributed by atoms with Crippen LogP contribution in [0.5, 0.6) is 11.5 Å². The molecule has 0 atom stereocenters. The molecule has 0 saturated heterocycles. The lowest BCUT2D eigenvalue weighted by atomic mass is 10.1. The maximum atomic E-state index is 13.1. The molecule has 0 radical (unpaired) electrons. The highest BCUT2D eigenvalue weighted by atomic mass is 19.1. The second-order valence-corrected chi connectivity index (χ2v) is 5.97. The van der Waals surface area contributed by atoms with Crippen LogP contribution in [-0.2, 0) is 11.3 Å². The number of esters is 1. The fraction of sp³-hybridized carbons (Fsp3) is 0.238. The third kappa shape index (κ3) is 4.14. The number of hydrogen-bond donors (Lipinski definition) is 0. The number of benzene rings is 2. The SMILES string of the molecule is CCOc1ccc(C(=O)OCc2noc(-c3ccc(F)cc3)c2C)cc1OC. The molecule has 7 heteroatoms. The highest BCUT2D eigenvalue weighted by molar-refractivity contribution is 5.90. The van der Waals surface area contributed by atoms with Crippen LogP contribution in [0.4, 0.5) is 4.39 Å². The van der Waals surface area contributed by atoms with Crippen molar-refractivity contribution in [1.82, 2.24) is 5.16 Å². The molecule has 3 rings (SSSR count). The van der Waals surface area contributed by atoms with Gasteiger partial charge in [0.1, 0.15) is 18.1 Å². The first-order chi connectivity index (χ1) is 13.5.